The molecule has 5 rings (SSSR count). The topological polar surface area (TPSA) is 61.0 Å². The third-order valence-corrected chi connectivity index (χ3v) is 7.07. The van der Waals surface area contributed by atoms with Crippen molar-refractivity contribution in [1.82, 2.24) is 15.1 Å². The molecule has 1 amide bonds. The highest BCUT2D eigenvalue weighted by Crippen LogP contribution is 2.48. The summed E-state index contributed by atoms with van der Waals surface area (Å²) in [5.41, 5.74) is 4.54. The molecule has 0 bridgehead atoms. The van der Waals surface area contributed by atoms with Gasteiger partial charge in [0.2, 0.25) is 5.91 Å². The minimum Gasteiger partial charge on any atom is -0.326 e. The van der Waals surface area contributed by atoms with E-state index < -0.39 is 0 Å². The molecule has 6 heteroatoms. The number of benzene rings is 2. The van der Waals surface area contributed by atoms with Crippen LogP contribution in [-0.2, 0) is 11.2 Å². The second kappa shape index (κ2) is 7.60. The van der Waals surface area contributed by atoms with Crippen LogP contribution < -0.4 is 5.32 Å². The highest BCUT2D eigenvalue weighted by atomic mass is 32.2. The van der Waals surface area contributed by atoms with Crippen molar-refractivity contribution in [2.75, 3.05) is 25.0 Å². The first-order valence-corrected chi connectivity index (χ1v) is 10.9. The molecule has 1 aromatic heterocycles. The molecule has 3 aromatic rings. The minimum atomic E-state index is 0.0862. The molecule has 1 saturated heterocycles. The molecule has 28 heavy (non-hydrogen) atoms. The van der Waals surface area contributed by atoms with Gasteiger partial charge in [0, 0.05) is 34.2 Å². The summed E-state index contributed by atoms with van der Waals surface area (Å²) in [6, 6.07) is 12.7. The summed E-state index contributed by atoms with van der Waals surface area (Å²) in [5, 5.41) is 11.9. The van der Waals surface area contributed by atoms with Gasteiger partial charge in [0.25, 0.3) is 0 Å². The summed E-state index contributed by atoms with van der Waals surface area (Å²) in [4.78, 5) is 16.2. The number of carbonyl (C=O) groups is 1. The van der Waals surface area contributed by atoms with Gasteiger partial charge in [-0.1, -0.05) is 18.2 Å². The third-order valence-electron chi connectivity index (χ3n) is 5.71. The molecular formula is C22H24N4OS. The second-order valence-corrected chi connectivity index (χ2v) is 8.91. The zero-order valence-corrected chi connectivity index (χ0v) is 16.6. The molecule has 2 aliphatic rings. The van der Waals surface area contributed by atoms with Crippen molar-refractivity contribution in [3.05, 3.63) is 53.7 Å². The molecule has 0 radical (unpaired) electrons. The van der Waals surface area contributed by atoms with Crippen LogP contribution in [-0.4, -0.2) is 40.6 Å². The highest BCUT2D eigenvalue weighted by Gasteiger charge is 2.26. The van der Waals surface area contributed by atoms with Gasteiger partial charge in [0.1, 0.15) is 0 Å². The number of hydrogen-bond donors (Lipinski definition) is 2. The average Bonchev–Trinajstić information content (AvgIpc) is 3.45. The smallest absolute Gasteiger partial charge is 0.225 e. The van der Waals surface area contributed by atoms with E-state index in [2.05, 4.69) is 50.7 Å². The van der Waals surface area contributed by atoms with Crippen molar-refractivity contribution in [3.8, 4) is 0 Å². The lowest BCUT2D eigenvalue weighted by Crippen LogP contribution is -2.25. The fraction of sp³-hybridized carbons (Fsp3) is 0.364. The lowest BCUT2D eigenvalue weighted by molar-refractivity contribution is -0.116. The Morgan fingerprint density at radius 2 is 2.11 bits per heavy atom. The molecule has 1 fully saturated rings. The van der Waals surface area contributed by atoms with Gasteiger partial charge < -0.3 is 10.2 Å². The fourth-order valence-electron chi connectivity index (χ4n) is 4.26. The summed E-state index contributed by atoms with van der Waals surface area (Å²) in [7, 11) is 0. The number of aromatic amines is 1. The van der Waals surface area contributed by atoms with Crippen LogP contribution in [0.2, 0.25) is 0 Å². The summed E-state index contributed by atoms with van der Waals surface area (Å²) in [5.74, 6) is 0.0862. The van der Waals surface area contributed by atoms with E-state index in [1.807, 2.05) is 24.0 Å². The highest BCUT2D eigenvalue weighted by molar-refractivity contribution is 7.99. The predicted molar refractivity (Wildman–Crippen MR) is 114 cm³/mol. The summed E-state index contributed by atoms with van der Waals surface area (Å²) < 4.78 is 0. The number of aromatic nitrogens is 2. The van der Waals surface area contributed by atoms with Crippen molar-refractivity contribution in [2.24, 2.45) is 0 Å². The quantitative estimate of drug-likeness (QED) is 0.677. The van der Waals surface area contributed by atoms with E-state index in [1.54, 1.807) is 0 Å². The van der Waals surface area contributed by atoms with Crippen LogP contribution in [0.1, 0.15) is 35.6 Å². The van der Waals surface area contributed by atoms with Gasteiger partial charge in [0.15, 0.2) is 0 Å². The monoisotopic (exact) mass is 392 g/mol. The fourth-order valence-corrected chi connectivity index (χ4v) is 5.60. The number of nitrogens with one attached hydrogen (secondary N) is 2. The van der Waals surface area contributed by atoms with Crippen LogP contribution in [0, 0.1) is 0 Å². The van der Waals surface area contributed by atoms with Gasteiger partial charge in [-0.2, -0.15) is 5.10 Å². The molecule has 2 aromatic carbocycles. The second-order valence-electron chi connectivity index (χ2n) is 7.66. The predicted octanol–water partition coefficient (Wildman–Crippen LogP) is 4.38. The van der Waals surface area contributed by atoms with Crippen LogP contribution in [0.4, 0.5) is 5.69 Å². The van der Waals surface area contributed by atoms with Crippen molar-refractivity contribution in [2.45, 2.75) is 35.8 Å². The van der Waals surface area contributed by atoms with Gasteiger partial charge in [-0.15, -0.1) is 11.8 Å². The zero-order valence-electron chi connectivity index (χ0n) is 15.8. The van der Waals surface area contributed by atoms with E-state index in [1.165, 1.54) is 28.9 Å². The number of fused-ring (bicyclic) bond motifs is 2. The number of nitrogens with zero attached hydrogens (tertiary/aromatic N) is 2. The minimum absolute atomic E-state index is 0.0862. The van der Waals surface area contributed by atoms with Crippen molar-refractivity contribution in [3.63, 3.8) is 0 Å². The van der Waals surface area contributed by atoms with Crippen LogP contribution in [0.15, 0.2) is 47.5 Å². The molecule has 3 heterocycles. The number of hydrogen-bond acceptors (Lipinski definition) is 4. The van der Waals surface area contributed by atoms with Gasteiger partial charge in [-0.25, -0.2) is 0 Å². The van der Waals surface area contributed by atoms with Gasteiger partial charge in [-0.05, 0) is 61.7 Å². The number of anilines is 1. The maximum Gasteiger partial charge on any atom is 0.225 e. The van der Waals surface area contributed by atoms with Crippen molar-refractivity contribution >= 4 is 34.3 Å². The Hall–Kier alpha value is -2.31. The molecule has 2 aliphatic heterocycles. The van der Waals surface area contributed by atoms with E-state index in [4.69, 9.17) is 0 Å². The van der Waals surface area contributed by atoms with E-state index in [-0.39, 0.29) is 5.91 Å². The number of rotatable bonds is 5. The summed E-state index contributed by atoms with van der Waals surface area (Å²) in [6.45, 7) is 3.09. The lowest BCUT2D eigenvalue weighted by atomic mass is 10.0. The van der Waals surface area contributed by atoms with Gasteiger partial charge >= 0.3 is 0 Å². The van der Waals surface area contributed by atoms with Crippen molar-refractivity contribution in [1.29, 1.82) is 0 Å². The molecule has 0 spiro atoms. The normalized spacial score (nSPS) is 19.2. The van der Waals surface area contributed by atoms with E-state index >= 15 is 0 Å². The lowest BCUT2D eigenvalue weighted by Gasteiger charge is -2.15. The Kier molecular flexibility index (Phi) is 4.82. The number of thioether (sulfide) groups is 1. The SMILES string of the molecule is O=C(CCN1CCCC1)Nc1cc(C2Cc3ccccc3S2)c2[nH]ncc2c1. The molecule has 0 saturated carbocycles. The molecule has 144 valence electrons. The van der Waals surface area contributed by atoms with Crippen molar-refractivity contribution < 1.29 is 4.79 Å². The maximum absolute atomic E-state index is 12.5. The number of likely N-dealkylation sites (tertiary alicyclic amines) is 1. The van der Waals surface area contributed by atoms with Crippen LogP contribution in [0.25, 0.3) is 10.9 Å². The van der Waals surface area contributed by atoms with E-state index in [0.717, 1.165) is 42.6 Å². The first-order chi connectivity index (χ1) is 13.8. The Morgan fingerprint density at radius 3 is 2.96 bits per heavy atom. The zero-order chi connectivity index (χ0) is 18.9. The number of carbonyl (C=O) groups excluding carboxylic acids is 1. The van der Waals surface area contributed by atoms with Gasteiger partial charge in [0.05, 0.1) is 11.7 Å². The molecule has 0 aliphatic carbocycles. The van der Waals surface area contributed by atoms with Gasteiger partial charge in [-0.3, -0.25) is 9.89 Å². The first-order valence-electron chi connectivity index (χ1n) is 10.00. The summed E-state index contributed by atoms with van der Waals surface area (Å²) in [6.07, 6.45) is 5.89. The molecule has 5 nitrogen and oxygen atoms in total. The largest absolute Gasteiger partial charge is 0.326 e. The Labute approximate surface area is 168 Å². The summed E-state index contributed by atoms with van der Waals surface area (Å²) >= 11 is 1.90. The van der Waals surface area contributed by atoms with Crippen LogP contribution >= 0.6 is 11.8 Å². The number of H-pyrrole nitrogens is 1. The third kappa shape index (κ3) is 3.54. The van der Waals surface area contributed by atoms with E-state index in [0.29, 0.717) is 11.7 Å². The Bertz CT molecular complexity index is 984. The molecular weight excluding hydrogens is 368 g/mol. The number of amides is 1. The van der Waals surface area contributed by atoms with E-state index in [9.17, 15) is 4.79 Å². The Morgan fingerprint density at radius 1 is 1.25 bits per heavy atom. The molecule has 1 unspecified atom stereocenters. The molecule has 2 N–H and O–H groups in total. The van der Waals surface area contributed by atoms with Crippen LogP contribution in [0.3, 0.4) is 0 Å². The average molecular weight is 393 g/mol. The standard InChI is InChI=1S/C22H24N4OS/c27-21(7-10-26-8-3-4-9-26)24-17-11-16-14-23-25-22(16)18(13-17)20-12-15-5-1-2-6-19(15)28-20/h1-2,5-6,11,13-14,20H,3-4,7-10,12H2,(H,23,25)(H,24,27). The molecule has 1 atom stereocenters. The maximum atomic E-state index is 12.5. The van der Waals surface area contributed by atoms with Crippen LogP contribution in [0.5, 0.6) is 0 Å². The first kappa shape index (κ1) is 17.8. The Balaban J connectivity index is 1.35.